The molecule has 1 aliphatic heterocycles. The fourth-order valence-electron chi connectivity index (χ4n) is 3.13. The molecule has 10 heteroatoms. The summed E-state index contributed by atoms with van der Waals surface area (Å²) in [6.45, 7) is 2.94. The third-order valence-electron chi connectivity index (χ3n) is 4.67. The summed E-state index contributed by atoms with van der Waals surface area (Å²) in [5.74, 6) is 0.0882. The van der Waals surface area contributed by atoms with Crippen LogP contribution in [-0.4, -0.2) is 54.4 Å². The van der Waals surface area contributed by atoms with E-state index in [-0.39, 0.29) is 24.2 Å². The second-order valence-corrected chi connectivity index (χ2v) is 6.55. The van der Waals surface area contributed by atoms with E-state index in [1.165, 1.54) is 12.1 Å². The first kappa shape index (κ1) is 17.3. The maximum absolute atomic E-state index is 13.1. The lowest BCUT2D eigenvalue weighted by molar-refractivity contribution is -0.132. The van der Waals surface area contributed by atoms with Gasteiger partial charge >= 0.3 is 0 Å². The molecule has 0 saturated carbocycles. The number of hydrogen-bond donors (Lipinski definition) is 0. The van der Waals surface area contributed by atoms with Gasteiger partial charge in [-0.15, -0.1) is 10.2 Å². The zero-order valence-electron chi connectivity index (χ0n) is 14.7. The van der Waals surface area contributed by atoms with Crippen LogP contribution < -0.4 is 0 Å². The number of piperidine rings is 1. The summed E-state index contributed by atoms with van der Waals surface area (Å²) in [5.41, 5.74) is 1.87. The highest BCUT2D eigenvalue weighted by molar-refractivity contribution is 5.78. The summed E-state index contributed by atoms with van der Waals surface area (Å²) < 4.78 is 17.7. The van der Waals surface area contributed by atoms with Crippen molar-refractivity contribution in [2.24, 2.45) is 0 Å². The highest BCUT2D eigenvalue weighted by atomic mass is 19.1. The average Bonchev–Trinajstić information content (AvgIpc) is 3.32. The molecular weight excluding hydrogens is 353 g/mol. The molecule has 0 radical (unpaired) electrons. The van der Waals surface area contributed by atoms with Crippen LogP contribution in [0.4, 0.5) is 4.39 Å². The predicted molar refractivity (Wildman–Crippen MR) is 90.8 cm³/mol. The Morgan fingerprint density at radius 2 is 2.11 bits per heavy atom. The van der Waals surface area contributed by atoms with Crippen molar-refractivity contribution in [3.05, 3.63) is 41.5 Å². The summed E-state index contributed by atoms with van der Waals surface area (Å²) in [7, 11) is 0. The molecule has 3 heterocycles. The van der Waals surface area contributed by atoms with E-state index in [1.807, 2.05) is 0 Å². The first-order valence-electron chi connectivity index (χ1n) is 8.71. The van der Waals surface area contributed by atoms with Crippen LogP contribution in [0.2, 0.25) is 0 Å². The first-order chi connectivity index (χ1) is 13.1. The van der Waals surface area contributed by atoms with Crippen molar-refractivity contribution in [1.82, 2.24) is 35.4 Å². The standard InChI is InChI=1S/C17H18FN7O2/c1-11-15(22-27-21-11)9-16(26)24-8-2-3-14(10-24)25-20-17(19-23-25)12-4-6-13(18)7-5-12/h4-7,14H,2-3,8-10H2,1H3. The van der Waals surface area contributed by atoms with Crippen LogP contribution in [0.5, 0.6) is 0 Å². The van der Waals surface area contributed by atoms with Crippen molar-refractivity contribution >= 4 is 5.91 Å². The van der Waals surface area contributed by atoms with Crippen molar-refractivity contribution in [3.8, 4) is 11.4 Å². The number of aromatic nitrogens is 6. The van der Waals surface area contributed by atoms with E-state index >= 15 is 0 Å². The third-order valence-corrected chi connectivity index (χ3v) is 4.67. The van der Waals surface area contributed by atoms with Crippen LogP contribution in [0.25, 0.3) is 11.4 Å². The van der Waals surface area contributed by atoms with Crippen molar-refractivity contribution in [1.29, 1.82) is 0 Å². The number of carbonyl (C=O) groups is 1. The van der Waals surface area contributed by atoms with E-state index in [1.54, 1.807) is 28.8 Å². The maximum Gasteiger partial charge on any atom is 0.228 e. The Bertz CT molecular complexity index is 937. The van der Waals surface area contributed by atoms with Crippen LogP contribution in [0, 0.1) is 12.7 Å². The second-order valence-electron chi connectivity index (χ2n) is 6.55. The lowest BCUT2D eigenvalue weighted by Crippen LogP contribution is -2.42. The molecule has 0 aliphatic carbocycles. The molecule has 2 aromatic heterocycles. The third kappa shape index (κ3) is 3.69. The molecule has 1 saturated heterocycles. The molecule has 1 atom stereocenters. The molecule has 0 bridgehead atoms. The molecular formula is C17H18FN7O2. The summed E-state index contributed by atoms with van der Waals surface area (Å²) in [6, 6.07) is 5.89. The lowest BCUT2D eigenvalue weighted by Gasteiger charge is -2.31. The quantitative estimate of drug-likeness (QED) is 0.686. The van der Waals surface area contributed by atoms with Gasteiger partial charge in [-0.05, 0) is 49.2 Å². The highest BCUT2D eigenvalue weighted by Crippen LogP contribution is 2.22. The van der Waals surface area contributed by atoms with Crippen LogP contribution in [-0.2, 0) is 11.2 Å². The Morgan fingerprint density at radius 1 is 1.30 bits per heavy atom. The fraction of sp³-hybridized carbons (Fsp3) is 0.412. The van der Waals surface area contributed by atoms with Gasteiger partial charge in [0.25, 0.3) is 0 Å². The number of aryl methyl sites for hydroxylation is 1. The number of hydrogen-bond acceptors (Lipinski definition) is 7. The first-order valence-corrected chi connectivity index (χ1v) is 8.71. The van der Waals surface area contributed by atoms with Gasteiger partial charge in [0.1, 0.15) is 17.2 Å². The summed E-state index contributed by atoms with van der Waals surface area (Å²) >= 11 is 0. The molecule has 1 fully saturated rings. The monoisotopic (exact) mass is 371 g/mol. The van der Waals surface area contributed by atoms with Crippen molar-refractivity contribution in [3.63, 3.8) is 0 Å². The molecule has 4 rings (SSSR count). The average molecular weight is 371 g/mol. The number of tetrazole rings is 1. The number of carbonyl (C=O) groups excluding carboxylic acids is 1. The smallest absolute Gasteiger partial charge is 0.228 e. The predicted octanol–water partition coefficient (Wildman–Crippen LogP) is 1.58. The van der Waals surface area contributed by atoms with E-state index in [2.05, 4.69) is 30.4 Å². The Labute approximate surface area is 154 Å². The Morgan fingerprint density at radius 3 is 2.85 bits per heavy atom. The number of rotatable bonds is 4. The molecule has 27 heavy (non-hydrogen) atoms. The molecule has 0 N–H and O–H groups in total. The summed E-state index contributed by atoms with van der Waals surface area (Å²) in [6.07, 6.45) is 1.86. The topological polar surface area (TPSA) is 103 Å². The van der Waals surface area contributed by atoms with Gasteiger partial charge in [0, 0.05) is 18.7 Å². The van der Waals surface area contributed by atoms with Gasteiger partial charge in [0.15, 0.2) is 0 Å². The molecule has 0 spiro atoms. The van der Waals surface area contributed by atoms with Crippen LogP contribution in [0.3, 0.4) is 0 Å². The van der Waals surface area contributed by atoms with E-state index in [4.69, 9.17) is 0 Å². The Kier molecular flexibility index (Phi) is 4.61. The van der Waals surface area contributed by atoms with Crippen molar-refractivity contribution in [2.45, 2.75) is 32.2 Å². The van der Waals surface area contributed by atoms with E-state index < -0.39 is 0 Å². The van der Waals surface area contributed by atoms with E-state index in [0.717, 1.165) is 12.8 Å². The van der Waals surface area contributed by atoms with Crippen molar-refractivity contribution in [2.75, 3.05) is 13.1 Å². The van der Waals surface area contributed by atoms with Crippen LogP contribution in [0.15, 0.2) is 28.9 Å². The maximum atomic E-state index is 13.1. The Balaban J connectivity index is 1.44. The van der Waals surface area contributed by atoms with Gasteiger partial charge in [-0.25, -0.2) is 9.02 Å². The zero-order valence-corrected chi connectivity index (χ0v) is 14.7. The molecule has 1 unspecified atom stereocenters. The van der Waals surface area contributed by atoms with Gasteiger partial charge in [-0.3, -0.25) is 4.79 Å². The van der Waals surface area contributed by atoms with Gasteiger partial charge in [-0.1, -0.05) is 10.3 Å². The van der Waals surface area contributed by atoms with Gasteiger partial charge < -0.3 is 4.90 Å². The van der Waals surface area contributed by atoms with E-state index in [0.29, 0.717) is 35.9 Å². The number of nitrogens with zero attached hydrogens (tertiary/aromatic N) is 7. The largest absolute Gasteiger partial charge is 0.340 e. The minimum Gasteiger partial charge on any atom is -0.340 e. The van der Waals surface area contributed by atoms with Crippen LogP contribution in [0.1, 0.15) is 30.3 Å². The zero-order chi connectivity index (χ0) is 18.8. The molecule has 9 nitrogen and oxygen atoms in total. The van der Waals surface area contributed by atoms with Gasteiger partial charge in [0.05, 0.1) is 12.5 Å². The van der Waals surface area contributed by atoms with E-state index in [9.17, 15) is 9.18 Å². The Hall–Kier alpha value is -3.17. The number of amides is 1. The van der Waals surface area contributed by atoms with Crippen molar-refractivity contribution < 1.29 is 13.8 Å². The lowest BCUT2D eigenvalue weighted by atomic mass is 10.1. The minimum absolute atomic E-state index is 0.0302. The number of halogens is 1. The number of likely N-dealkylation sites (tertiary alicyclic amines) is 1. The minimum atomic E-state index is -0.315. The highest BCUT2D eigenvalue weighted by Gasteiger charge is 2.27. The molecule has 1 aliphatic rings. The normalized spacial score (nSPS) is 17.3. The second kappa shape index (κ2) is 7.22. The molecule has 140 valence electrons. The van der Waals surface area contributed by atoms with Crippen LogP contribution >= 0.6 is 0 Å². The molecule has 3 aromatic rings. The molecule has 1 amide bonds. The fourth-order valence-corrected chi connectivity index (χ4v) is 3.13. The van der Waals surface area contributed by atoms with Gasteiger partial charge in [-0.2, -0.15) is 4.80 Å². The molecule has 1 aromatic carbocycles. The van der Waals surface area contributed by atoms with Gasteiger partial charge in [0.2, 0.25) is 11.7 Å². The number of benzene rings is 1. The summed E-state index contributed by atoms with van der Waals surface area (Å²) in [4.78, 5) is 15.9. The summed E-state index contributed by atoms with van der Waals surface area (Å²) in [5, 5.41) is 20.1. The SMILES string of the molecule is Cc1nonc1CC(=O)N1CCCC(n2nnc(-c3ccc(F)cc3)n2)C1.